The van der Waals surface area contributed by atoms with Gasteiger partial charge in [0.2, 0.25) is 0 Å². The van der Waals surface area contributed by atoms with Crippen LogP contribution in [0.25, 0.3) is 5.65 Å². The maximum Gasteiger partial charge on any atom is 0.163 e. The first-order valence-corrected chi connectivity index (χ1v) is 10.9. The predicted molar refractivity (Wildman–Crippen MR) is 121 cm³/mol. The van der Waals surface area contributed by atoms with Crippen molar-refractivity contribution in [3.05, 3.63) is 64.5 Å². The molecule has 1 aliphatic rings. The van der Waals surface area contributed by atoms with Gasteiger partial charge in [0.25, 0.3) is 0 Å². The van der Waals surface area contributed by atoms with Gasteiger partial charge >= 0.3 is 0 Å². The highest BCUT2D eigenvalue weighted by molar-refractivity contribution is 5.67. The molecular formula is C23H25F2N7O. The molecular weight excluding hydrogens is 428 g/mol. The van der Waals surface area contributed by atoms with Crippen molar-refractivity contribution in [1.29, 1.82) is 0 Å². The lowest BCUT2D eigenvalue weighted by molar-refractivity contribution is 0.122. The van der Waals surface area contributed by atoms with Crippen molar-refractivity contribution >= 4 is 23.1 Å². The van der Waals surface area contributed by atoms with Crippen LogP contribution in [0.15, 0.2) is 30.3 Å². The molecule has 0 saturated carbocycles. The van der Waals surface area contributed by atoms with E-state index in [4.69, 9.17) is 14.8 Å². The minimum atomic E-state index is -0.603. The van der Waals surface area contributed by atoms with Gasteiger partial charge in [-0.1, -0.05) is 13.0 Å². The third kappa shape index (κ3) is 4.02. The third-order valence-corrected chi connectivity index (χ3v) is 5.95. The van der Waals surface area contributed by atoms with E-state index in [-0.39, 0.29) is 5.92 Å². The molecule has 1 aliphatic heterocycles. The Hall–Kier alpha value is -3.53. The molecule has 0 aliphatic carbocycles. The van der Waals surface area contributed by atoms with Crippen molar-refractivity contribution in [2.75, 3.05) is 36.5 Å². The highest BCUT2D eigenvalue weighted by Gasteiger charge is 2.25. The molecule has 0 unspecified atom stereocenters. The minimum absolute atomic E-state index is 0.379. The van der Waals surface area contributed by atoms with E-state index in [0.717, 1.165) is 41.9 Å². The fourth-order valence-corrected chi connectivity index (χ4v) is 4.33. The molecule has 1 atom stereocenters. The zero-order chi connectivity index (χ0) is 23.1. The predicted octanol–water partition coefficient (Wildman–Crippen LogP) is 4.08. The van der Waals surface area contributed by atoms with Crippen LogP contribution in [-0.4, -0.2) is 51.1 Å². The third-order valence-electron chi connectivity index (χ3n) is 5.95. The Labute approximate surface area is 189 Å². The van der Waals surface area contributed by atoms with E-state index in [9.17, 15) is 8.78 Å². The van der Waals surface area contributed by atoms with Crippen LogP contribution in [0.5, 0.6) is 0 Å². The molecule has 0 amide bonds. The van der Waals surface area contributed by atoms with Gasteiger partial charge in [0.05, 0.1) is 18.9 Å². The number of halogens is 2. The number of aromatic nitrogens is 5. The number of morpholine rings is 1. The summed E-state index contributed by atoms with van der Waals surface area (Å²) in [6.45, 7) is 8.37. The first kappa shape index (κ1) is 21.3. The second-order valence-electron chi connectivity index (χ2n) is 8.28. The Bertz CT molecular complexity index is 1310. The standard InChI is InChI=1S/C23H25F2N7O/c1-13-10-20(29-28-13)26-19-12-21(31-6-8-33-9-7-31)32-23(27-19)22(15(3)30-32)14(2)17-5-4-16(24)11-18(17)25/h4-5,10-12,14H,6-9H2,1-3H3,(H2,26,27,28,29)/t14-/m0/s1. The normalized spacial score (nSPS) is 15.2. The molecule has 8 nitrogen and oxygen atoms in total. The van der Waals surface area contributed by atoms with Gasteiger partial charge in [-0.25, -0.2) is 13.8 Å². The number of aryl methyl sites for hydroxylation is 2. The van der Waals surface area contributed by atoms with E-state index in [1.165, 1.54) is 12.1 Å². The molecule has 10 heteroatoms. The van der Waals surface area contributed by atoms with Crippen molar-refractivity contribution in [2.24, 2.45) is 0 Å². The van der Waals surface area contributed by atoms with Crippen molar-refractivity contribution < 1.29 is 13.5 Å². The second-order valence-corrected chi connectivity index (χ2v) is 8.28. The molecule has 0 radical (unpaired) electrons. The van der Waals surface area contributed by atoms with Gasteiger partial charge in [-0.2, -0.15) is 14.7 Å². The molecule has 4 heterocycles. The van der Waals surface area contributed by atoms with Crippen LogP contribution >= 0.6 is 0 Å². The Morgan fingerprint density at radius 1 is 1.09 bits per heavy atom. The molecule has 0 bridgehead atoms. The number of aromatic amines is 1. The van der Waals surface area contributed by atoms with Crippen LogP contribution in [-0.2, 0) is 4.74 Å². The number of nitrogens with zero attached hydrogens (tertiary/aromatic N) is 5. The van der Waals surface area contributed by atoms with Crippen LogP contribution in [0.4, 0.5) is 26.2 Å². The Morgan fingerprint density at radius 3 is 2.58 bits per heavy atom. The Balaban J connectivity index is 1.66. The maximum atomic E-state index is 14.6. The highest BCUT2D eigenvalue weighted by atomic mass is 19.1. The van der Waals surface area contributed by atoms with E-state index in [1.807, 2.05) is 32.9 Å². The van der Waals surface area contributed by atoms with Gasteiger partial charge in [0.1, 0.15) is 23.3 Å². The van der Waals surface area contributed by atoms with Crippen LogP contribution in [0.1, 0.15) is 35.4 Å². The number of fused-ring (bicyclic) bond motifs is 1. The maximum absolute atomic E-state index is 14.6. The lowest BCUT2D eigenvalue weighted by Gasteiger charge is -2.29. The summed E-state index contributed by atoms with van der Waals surface area (Å²) in [6, 6.07) is 7.48. The first-order valence-electron chi connectivity index (χ1n) is 10.9. The summed E-state index contributed by atoms with van der Waals surface area (Å²) in [5.74, 6) is 0.538. The number of hydrogen-bond donors (Lipinski definition) is 2. The van der Waals surface area contributed by atoms with Crippen LogP contribution in [0, 0.1) is 25.5 Å². The van der Waals surface area contributed by atoms with Crippen molar-refractivity contribution in [3.63, 3.8) is 0 Å². The number of rotatable bonds is 5. The summed E-state index contributed by atoms with van der Waals surface area (Å²) in [5.41, 5.74) is 3.46. The second kappa shape index (κ2) is 8.43. The number of anilines is 3. The lowest BCUT2D eigenvalue weighted by atomic mass is 9.92. The van der Waals surface area contributed by atoms with E-state index in [0.29, 0.717) is 36.1 Å². The SMILES string of the molecule is Cc1cc(Nc2cc(N3CCOCC3)n3nc(C)c([C@@H](C)c4ccc(F)cc4F)c3n2)n[nH]1. The smallest absolute Gasteiger partial charge is 0.163 e. The van der Waals surface area contributed by atoms with Crippen LogP contribution in [0.2, 0.25) is 0 Å². The number of hydrogen-bond acceptors (Lipinski definition) is 6. The summed E-state index contributed by atoms with van der Waals surface area (Å²) >= 11 is 0. The lowest BCUT2D eigenvalue weighted by Crippen LogP contribution is -2.37. The van der Waals surface area contributed by atoms with Gasteiger partial charge in [0.15, 0.2) is 11.5 Å². The van der Waals surface area contributed by atoms with E-state index >= 15 is 0 Å². The molecule has 5 rings (SSSR count). The van der Waals surface area contributed by atoms with Gasteiger partial charge in [-0.3, -0.25) is 5.10 Å². The zero-order valence-corrected chi connectivity index (χ0v) is 18.7. The highest BCUT2D eigenvalue weighted by Crippen LogP contribution is 2.34. The number of nitrogens with one attached hydrogen (secondary N) is 2. The fourth-order valence-electron chi connectivity index (χ4n) is 4.33. The monoisotopic (exact) mass is 453 g/mol. The molecule has 2 N–H and O–H groups in total. The van der Waals surface area contributed by atoms with Crippen molar-refractivity contribution in [2.45, 2.75) is 26.7 Å². The molecule has 172 valence electrons. The van der Waals surface area contributed by atoms with Gasteiger partial charge in [-0.05, 0) is 25.5 Å². The summed E-state index contributed by atoms with van der Waals surface area (Å²) in [4.78, 5) is 7.02. The molecule has 1 aromatic carbocycles. The van der Waals surface area contributed by atoms with Gasteiger partial charge in [0, 0.05) is 48.5 Å². The summed E-state index contributed by atoms with van der Waals surface area (Å²) < 4.78 is 35.5. The van der Waals surface area contributed by atoms with Crippen LogP contribution in [0.3, 0.4) is 0 Å². The fraction of sp³-hybridized carbons (Fsp3) is 0.348. The molecule has 1 saturated heterocycles. The summed E-state index contributed by atoms with van der Waals surface area (Å²) in [5, 5.41) is 15.2. The average molecular weight is 453 g/mol. The average Bonchev–Trinajstić information content (AvgIpc) is 3.35. The van der Waals surface area contributed by atoms with Crippen molar-refractivity contribution in [3.8, 4) is 0 Å². The topological polar surface area (TPSA) is 83.4 Å². The largest absolute Gasteiger partial charge is 0.378 e. The molecule has 0 spiro atoms. The van der Waals surface area contributed by atoms with Gasteiger partial charge in [-0.15, -0.1) is 0 Å². The Morgan fingerprint density at radius 2 is 1.88 bits per heavy atom. The van der Waals surface area contributed by atoms with E-state index in [1.54, 1.807) is 4.52 Å². The minimum Gasteiger partial charge on any atom is -0.378 e. The van der Waals surface area contributed by atoms with E-state index < -0.39 is 11.6 Å². The summed E-state index contributed by atoms with van der Waals surface area (Å²) in [7, 11) is 0. The number of H-pyrrole nitrogens is 1. The summed E-state index contributed by atoms with van der Waals surface area (Å²) in [6.07, 6.45) is 0. The molecule has 4 aromatic rings. The molecule has 1 fully saturated rings. The molecule has 33 heavy (non-hydrogen) atoms. The molecule has 3 aromatic heterocycles. The Kier molecular flexibility index (Phi) is 5.45. The first-order chi connectivity index (χ1) is 15.9. The van der Waals surface area contributed by atoms with Gasteiger partial charge < -0.3 is 15.0 Å². The quantitative estimate of drug-likeness (QED) is 0.474. The van der Waals surface area contributed by atoms with Crippen molar-refractivity contribution in [1.82, 2.24) is 24.8 Å². The zero-order valence-electron chi connectivity index (χ0n) is 18.7. The van der Waals surface area contributed by atoms with E-state index in [2.05, 4.69) is 20.4 Å². The van der Waals surface area contributed by atoms with Crippen LogP contribution < -0.4 is 10.2 Å². The number of benzene rings is 1. The number of ether oxygens (including phenoxy) is 1.